The van der Waals surface area contributed by atoms with Gasteiger partial charge in [-0.25, -0.2) is 0 Å². The zero-order valence-corrected chi connectivity index (χ0v) is 6.13. The second-order valence-corrected chi connectivity index (χ2v) is 3.77. The van der Waals surface area contributed by atoms with Gasteiger partial charge in [0.1, 0.15) is 0 Å². The molecule has 0 aromatic carbocycles. The maximum absolute atomic E-state index is 3.36. The maximum atomic E-state index is 3.36. The lowest BCUT2D eigenvalue weighted by molar-refractivity contribution is 0.691. The van der Waals surface area contributed by atoms with E-state index < -0.39 is 0 Å². The molecule has 1 aliphatic rings. The van der Waals surface area contributed by atoms with E-state index in [0.717, 1.165) is 5.25 Å². The van der Waals surface area contributed by atoms with E-state index in [0.29, 0.717) is 0 Å². The van der Waals surface area contributed by atoms with Gasteiger partial charge >= 0.3 is 0 Å². The normalized spacial score (nSPS) is 31.9. The molecule has 1 aliphatic heterocycles. The lowest BCUT2D eigenvalue weighted by atomic mass is 10.3. The van der Waals surface area contributed by atoms with Crippen molar-refractivity contribution in [1.82, 2.24) is 5.32 Å². The van der Waals surface area contributed by atoms with Crippen LogP contribution in [0.1, 0.15) is 13.3 Å². The molecule has 0 aliphatic carbocycles. The highest BCUT2D eigenvalue weighted by Crippen LogP contribution is 2.14. The van der Waals surface area contributed by atoms with E-state index >= 15 is 0 Å². The Labute approximate surface area is 55.2 Å². The summed E-state index contributed by atoms with van der Waals surface area (Å²) in [5.41, 5.74) is 0. The Morgan fingerprint density at radius 1 is 1.50 bits per heavy atom. The summed E-state index contributed by atoms with van der Waals surface area (Å²) in [6.07, 6.45) is 1.34. The van der Waals surface area contributed by atoms with Gasteiger partial charge in [-0.1, -0.05) is 6.92 Å². The van der Waals surface area contributed by atoms with Gasteiger partial charge in [0.2, 0.25) is 0 Å². The van der Waals surface area contributed by atoms with Gasteiger partial charge in [0.25, 0.3) is 0 Å². The van der Waals surface area contributed by atoms with Crippen LogP contribution in [-0.2, 0) is 0 Å². The molecule has 0 saturated carbocycles. The van der Waals surface area contributed by atoms with E-state index in [1.54, 1.807) is 0 Å². The largest absolute Gasteiger partial charge is 0.316 e. The minimum absolute atomic E-state index is 0.880. The van der Waals surface area contributed by atoms with Crippen LogP contribution in [0.4, 0.5) is 0 Å². The third-order valence-corrected chi connectivity index (χ3v) is 2.65. The van der Waals surface area contributed by atoms with Crippen molar-refractivity contribution in [2.45, 2.75) is 18.6 Å². The Morgan fingerprint density at radius 2 is 2.38 bits per heavy atom. The molecule has 0 radical (unpaired) electrons. The van der Waals surface area contributed by atoms with Crippen LogP contribution in [0.25, 0.3) is 0 Å². The molecule has 0 unspecified atom stereocenters. The van der Waals surface area contributed by atoms with Gasteiger partial charge in [-0.3, -0.25) is 0 Å². The Morgan fingerprint density at radius 3 is 3.25 bits per heavy atom. The summed E-state index contributed by atoms with van der Waals surface area (Å²) in [4.78, 5) is 0. The molecule has 0 aromatic heterocycles. The van der Waals surface area contributed by atoms with Crippen LogP contribution in [0, 0.1) is 0 Å². The Balaban J connectivity index is 2.17. The number of hydrogen-bond donors (Lipinski definition) is 1. The van der Waals surface area contributed by atoms with E-state index in [2.05, 4.69) is 24.0 Å². The summed E-state index contributed by atoms with van der Waals surface area (Å²) in [6, 6.07) is 0. The fourth-order valence-corrected chi connectivity index (χ4v) is 1.80. The van der Waals surface area contributed by atoms with Gasteiger partial charge in [-0.05, 0) is 13.0 Å². The second kappa shape index (κ2) is 3.36. The lowest BCUT2D eigenvalue weighted by Crippen LogP contribution is -2.15. The predicted octanol–water partition coefficient (Wildman–Crippen LogP) is 1.10. The summed E-state index contributed by atoms with van der Waals surface area (Å²) in [7, 11) is 0. The Hall–Kier alpha value is 0.310. The minimum Gasteiger partial charge on any atom is -0.316 e. The molecule has 1 heterocycles. The average molecular weight is 131 g/mol. The zero-order chi connectivity index (χ0) is 5.82. The summed E-state index contributed by atoms with van der Waals surface area (Å²) < 4.78 is 0. The van der Waals surface area contributed by atoms with E-state index in [9.17, 15) is 0 Å². The van der Waals surface area contributed by atoms with Crippen LogP contribution in [-0.4, -0.2) is 24.1 Å². The smallest absolute Gasteiger partial charge is 0.00607 e. The molecule has 1 rings (SSSR count). The van der Waals surface area contributed by atoms with E-state index in [1.165, 1.54) is 25.3 Å². The molecular formula is C6H13NS. The molecule has 0 spiro atoms. The SMILES string of the molecule is C[C@H]1CCNCCS1. The molecule has 1 nitrogen and oxygen atoms in total. The van der Waals surface area contributed by atoms with Crippen LogP contribution in [0.15, 0.2) is 0 Å². The second-order valence-electron chi connectivity index (χ2n) is 2.22. The molecule has 0 amide bonds. The summed E-state index contributed by atoms with van der Waals surface area (Å²) in [5.74, 6) is 1.29. The fraction of sp³-hybridized carbons (Fsp3) is 1.00. The highest BCUT2D eigenvalue weighted by molar-refractivity contribution is 7.99. The Kier molecular flexibility index (Phi) is 2.70. The first-order valence-electron chi connectivity index (χ1n) is 3.22. The average Bonchev–Trinajstić information content (AvgIpc) is 1.94. The van der Waals surface area contributed by atoms with Gasteiger partial charge in [0.15, 0.2) is 0 Å². The van der Waals surface area contributed by atoms with E-state index in [1.807, 2.05) is 0 Å². The maximum Gasteiger partial charge on any atom is 0.00607 e. The van der Waals surface area contributed by atoms with Gasteiger partial charge in [-0.2, -0.15) is 11.8 Å². The molecule has 1 atom stereocenters. The topological polar surface area (TPSA) is 12.0 Å². The number of thioether (sulfide) groups is 1. The monoisotopic (exact) mass is 131 g/mol. The number of hydrogen-bond acceptors (Lipinski definition) is 2. The molecule has 2 heteroatoms. The van der Waals surface area contributed by atoms with Crippen LogP contribution >= 0.6 is 11.8 Å². The molecule has 0 aromatic rings. The van der Waals surface area contributed by atoms with Crippen molar-refractivity contribution in [1.29, 1.82) is 0 Å². The van der Waals surface area contributed by atoms with E-state index in [4.69, 9.17) is 0 Å². The fourth-order valence-electron chi connectivity index (χ4n) is 0.846. The molecule has 48 valence electrons. The quantitative estimate of drug-likeness (QED) is 0.528. The number of rotatable bonds is 0. The van der Waals surface area contributed by atoms with Crippen molar-refractivity contribution in [3.05, 3.63) is 0 Å². The first-order valence-corrected chi connectivity index (χ1v) is 4.27. The summed E-state index contributed by atoms with van der Waals surface area (Å²) in [5, 5.41) is 4.24. The summed E-state index contributed by atoms with van der Waals surface area (Å²) >= 11 is 2.08. The minimum atomic E-state index is 0.880. The third kappa shape index (κ3) is 2.05. The summed E-state index contributed by atoms with van der Waals surface area (Å²) in [6.45, 7) is 4.72. The van der Waals surface area contributed by atoms with Crippen molar-refractivity contribution in [3.8, 4) is 0 Å². The van der Waals surface area contributed by atoms with E-state index in [-0.39, 0.29) is 0 Å². The van der Waals surface area contributed by atoms with Gasteiger partial charge in [-0.15, -0.1) is 0 Å². The highest BCUT2D eigenvalue weighted by atomic mass is 32.2. The highest BCUT2D eigenvalue weighted by Gasteiger charge is 2.04. The van der Waals surface area contributed by atoms with Crippen molar-refractivity contribution < 1.29 is 0 Å². The van der Waals surface area contributed by atoms with Crippen LogP contribution in [0.5, 0.6) is 0 Å². The lowest BCUT2D eigenvalue weighted by Gasteiger charge is -2.02. The molecule has 8 heavy (non-hydrogen) atoms. The van der Waals surface area contributed by atoms with Gasteiger partial charge in [0, 0.05) is 17.5 Å². The first-order chi connectivity index (χ1) is 3.89. The van der Waals surface area contributed by atoms with Gasteiger partial charge in [0.05, 0.1) is 0 Å². The standard InChI is InChI=1S/C6H13NS/c1-6-2-3-7-4-5-8-6/h6-7H,2-5H2,1H3/t6-/m0/s1. The Bertz CT molecular complexity index is 57.5. The zero-order valence-electron chi connectivity index (χ0n) is 5.31. The van der Waals surface area contributed by atoms with Gasteiger partial charge < -0.3 is 5.32 Å². The van der Waals surface area contributed by atoms with Crippen molar-refractivity contribution >= 4 is 11.8 Å². The molecular weight excluding hydrogens is 118 g/mol. The van der Waals surface area contributed by atoms with Crippen LogP contribution in [0.2, 0.25) is 0 Å². The third-order valence-electron chi connectivity index (χ3n) is 1.41. The predicted molar refractivity (Wildman–Crippen MR) is 39.4 cm³/mol. The molecule has 1 fully saturated rings. The van der Waals surface area contributed by atoms with Crippen LogP contribution < -0.4 is 5.32 Å². The van der Waals surface area contributed by atoms with Crippen molar-refractivity contribution in [2.24, 2.45) is 0 Å². The van der Waals surface area contributed by atoms with Crippen molar-refractivity contribution in [3.63, 3.8) is 0 Å². The number of nitrogens with one attached hydrogen (secondary N) is 1. The van der Waals surface area contributed by atoms with Crippen LogP contribution in [0.3, 0.4) is 0 Å². The molecule has 1 saturated heterocycles. The van der Waals surface area contributed by atoms with Crippen molar-refractivity contribution in [2.75, 3.05) is 18.8 Å². The first kappa shape index (κ1) is 6.43. The molecule has 1 N–H and O–H groups in total. The molecule has 0 bridgehead atoms.